The molecular weight excluding hydrogens is 420 g/mol. The van der Waals surface area contributed by atoms with E-state index in [1.54, 1.807) is 31.3 Å². The van der Waals surface area contributed by atoms with Crippen LogP contribution in [0.1, 0.15) is 28.9 Å². The van der Waals surface area contributed by atoms with Crippen molar-refractivity contribution in [1.82, 2.24) is 15.2 Å². The molecule has 6 heteroatoms. The van der Waals surface area contributed by atoms with E-state index in [-0.39, 0.29) is 17.0 Å². The molecule has 33 heavy (non-hydrogen) atoms. The number of rotatable bonds is 5. The molecular formula is C27H19F2N3O. The SMILES string of the molecule is CC(C(=O)c1n[nH]c2ccc(-c3cccc(F)c3F)cc12)c1ccc(-c2ccccc2)nc1. The van der Waals surface area contributed by atoms with Gasteiger partial charge in [0.15, 0.2) is 17.4 Å². The minimum absolute atomic E-state index is 0.130. The quantitative estimate of drug-likeness (QED) is 0.316. The number of halogens is 2. The summed E-state index contributed by atoms with van der Waals surface area (Å²) in [6, 6.07) is 22.6. The molecule has 0 fully saturated rings. The number of fused-ring (bicyclic) bond motifs is 1. The van der Waals surface area contributed by atoms with E-state index >= 15 is 0 Å². The van der Waals surface area contributed by atoms with Crippen LogP contribution in [0.3, 0.4) is 0 Å². The first-order valence-electron chi connectivity index (χ1n) is 10.5. The fraction of sp³-hybridized carbons (Fsp3) is 0.0741. The predicted octanol–water partition coefficient (Wildman–Crippen LogP) is 6.56. The molecule has 0 saturated carbocycles. The maximum Gasteiger partial charge on any atom is 0.190 e. The third kappa shape index (κ3) is 3.80. The zero-order valence-corrected chi connectivity index (χ0v) is 17.7. The summed E-state index contributed by atoms with van der Waals surface area (Å²) in [5, 5.41) is 7.63. The molecule has 0 spiro atoms. The Labute approximate surface area is 188 Å². The van der Waals surface area contributed by atoms with E-state index in [2.05, 4.69) is 15.2 Å². The van der Waals surface area contributed by atoms with E-state index < -0.39 is 17.6 Å². The van der Waals surface area contributed by atoms with Crippen LogP contribution in [0.4, 0.5) is 8.78 Å². The maximum atomic E-state index is 14.3. The van der Waals surface area contributed by atoms with Gasteiger partial charge in [0.2, 0.25) is 0 Å². The van der Waals surface area contributed by atoms with Crippen LogP contribution in [0, 0.1) is 11.6 Å². The Balaban J connectivity index is 1.47. The van der Waals surface area contributed by atoms with Gasteiger partial charge in [-0.25, -0.2) is 8.78 Å². The average molecular weight is 439 g/mol. The van der Waals surface area contributed by atoms with E-state index in [1.165, 1.54) is 12.1 Å². The normalized spacial score (nSPS) is 12.1. The minimum Gasteiger partial charge on any atom is -0.292 e. The number of nitrogens with zero attached hydrogens (tertiary/aromatic N) is 2. The molecule has 0 aliphatic heterocycles. The van der Waals surface area contributed by atoms with Crippen LogP contribution in [0.25, 0.3) is 33.3 Å². The van der Waals surface area contributed by atoms with Crippen molar-refractivity contribution < 1.29 is 13.6 Å². The maximum absolute atomic E-state index is 14.3. The van der Waals surface area contributed by atoms with Crippen molar-refractivity contribution in [1.29, 1.82) is 0 Å². The van der Waals surface area contributed by atoms with Gasteiger partial charge in [0.1, 0.15) is 5.69 Å². The molecule has 5 rings (SSSR count). The third-order valence-corrected chi connectivity index (χ3v) is 5.81. The van der Waals surface area contributed by atoms with Gasteiger partial charge in [-0.2, -0.15) is 5.10 Å². The standard InChI is InChI=1S/C27H19F2N3O/c1-16(19-11-12-23(30-15-19)17-6-3-2-4-7-17)27(33)26-21-14-18(10-13-24(21)31-32-26)20-8-5-9-22(28)25(20)29/h2-16H,1H3,(H,31,32). The van der Waals surface area contributed by atoms with Crippen molar-refractivity contribution in [3.8, 4) is 22.4 Å². The lowest BCUT2D eigenvalue weighted by Crippen LogP contribution is -2.11. The highest BCUT2D eigenvalue weighted by molar-refractivity contribution is 6.09. The van der Waals surface area contributed by atoms with Gasteiger partial charge < -0.3 is 0 Å². The Bertz CT molecular complexity index is 1460. The highest BCUT2D eigenvalue weighted by Crippen LogP contribution is 2.30. The molecule has 2 aromatic heterocycles. The molecule has 2 heterocycles. The molecule has 1 unspecified atom stereocenters. The summed E-state index contributed by atoms with van der Waals surface area (Å²) >= 11 is 0. The molecule has 0 saturated heterocycles. The zero-order valence-electron chi connectivity index (χ0n) is 17.7. The van der Waals surface area contributed by atoms with Gasteiger partial charge in [-0.3, -0.25) is 14.9 Å². The number of pyridine rings is 1. The van der Waals surface area contributed by atoms with E-state index in [0.29, 0.717) is 16.5 Å². The summed E-state index contributed by atoms with van der Waals surface area (Å²) in [4.78, 5) is 17.8. The van der Waals surface area contributed by atoms with Crippen molar-refractivity contribution in [3.05, 3.63) is 108 Å². The predicted molar refractivity (Wildman–Crippen MR) is 124 cm³/mol. The number of H-pyrrole nitrogens is 1. The molecule has 0 radical (unpaired) electrons. The molecule has 1 N–H and O–H groups in total. The molecule has 0 aliphatic carbocycles. The first-order chi connectivity index (χ1) is 16.0. The highest BCUT2D eigenvalue weighted by atomic mass is 19.2. The summed E-state index contributed by atoms with van der Waals surface area (Å²) in [6.07, 6.45) is 1.70. The second-order valence-corrected chi connectivity index (χ2v) is 7.86. The highest BCUT2D eigenvalue weighted by Gasteiger charge is 2.23. The number of ketones is 1. The number of hydrogen-bond donors (Lipinski definition) is 1. The minimum atomic E-state index is -0.925. The number of carbonyl (C=O) groups excluding carboxylic acids is 1. The molecule has 1 atom stereocenters. The van der Waals surface area contributed by atoms with Crippen LogP contribution in [-0.2, 0) is 0 Å². The molecule has 0 bridgehead atoms. The number of carbonyl (C=O) groups is 1. The molecule has 3 aromatic carbocycles. The number of nitrogens with one attached hydrogen (secondary N) is 1. The average Bonchev–Trinajstić information content (AvgIpc) is 3.29. The monoisotopic (exact) mass is 439 g/mol. The number of benzene rings is 3. The third-order valence-electron chi connectivity index (χ3n) is 5.81. The zero-order chi connectivity index (χ0) is 22.9. The lowest BCUT2D eigenvalue weighted by molar-refractivity contribution is 0.0962. The van der Waals surface area contributed by atoms with Crippen LogP contribution in [0.5, 0.6) is 0 Å². The van der Waals surface area contributed by atoms with E-state index in [0.717, 1.165) is 22.9 Å². The Morgan fingerprint density at radius 1 is 0.909 bits per heavy atom. The number of aromatic amines is 1. The summed E-state index contributed by atoms with van der Waals surface area (Å²) in [5.74, 6) is -2.52. The van der Waals surface area contributed by atoms with Crippen molar-refractivity contribution in [3.63, 3.8) is 0 Å². The lowest BCUT2D eigenvalue weighted by atomic mass is 9.93. The topological polar surface area (TPSA) is 58.6 Å². The number of hydrogen-bond acceptors (Lipinski definition) is 3. The number of Topliss-reactive ketones (excluding diaryl/α,β-unsaturated/α-hetero) is 1. The van der Waals surface area contributed by atoms with Gasteiger partial charge >= 0.3 is 0 Å². The van der Waals surface area contributed by atoms with Gasteiger partial charge in [-0.1, -0.05) is 61.5 Å². The van der Waals surface area contributed by atoms with Crippen LogP contribution in [0.2, 0.25) is 0 Å². The summed E-state index contributed by atoms with van der Waals surface area (Å²) in [6.45, 7) is 1.80. The number of aromatic nitrogens is 3. The summed E-state index contributed by atoms with van der Waals surface area (Å²) < 4.78 is 28.0. The van der Waals surface area contributed by atoms with Gasteiger partial charge in [0, 0.05) is 28.6 Å². The Hall–Kier alpha value is -4.19. The van der Waals surface area contributed by atoms with Crippen molar-refractivity contribution in [2.75, 3.05) is 0 Å². The fourth-order valence-corrected chi connectivity index (χ4v) is 3.89. The van der Waals surface area contributed by atoms with Gasteiger partial charge in [-0.05, 0) is 35.4 Å². The van der Waals surface area contributed by atoms with E-state index in [1.807, 2.05) is 42.5 Å². The summed E-state index contributed by atoms with van der Waals surface area (Å²) in [7, 11) is 0. The van der Waals surface area contributed by atoms with Crippen molar-refractivity contribution >= 4 is 16.7 Å². The van der Waals surface area contributed by atoms with Crippen molar-refractivity contribution in [2.45, 2.75) is 12.8 Å². The Morgan fingerprint density at radius 3 is 2.48 bits per heavy atom. The van der Waals surface area contributed by atoms with Crippen LogP contribution < -0.4 is 0 Å². The smallest absolute Gasteiger partial charge is 0.190 e. The van der Waals surface area contributed by atoms with Crippen LogP contribution in [0.15, 0.2) is 85.1 Å². The second-order valence-electron chi connectivity index (χ2n) is 7.86. The lowest BCUT2D eigenvalue weighted by Gasteiger charge is -2.10. The molecule has 4 nitrogen and oxygen atoms in total. The first-order valence-corrected chi connectivity index (χ1v) is 10.5. The largest absolute Gasteiger partial charge is 0.292 e. The van der Waals surface area contributed by atoms with Gasteiger partial charge in [-0.15, -0.1) is 0 Å². The van der Waals surface area contributed by atoms with Gasteiger partial charge in [0.25, 0.3) is 0 Å². The van der Waals surface area contributed by atoms with Crippen LogP contribution in [-0.4, -0.2) is 21.0 Å². The van der Waals surface area contributed by atoms with Crippen LogP contribution >= 0.6 is 0 Å². The van der Waals surface area contributed by atoms with Crippen molar-refractivity contribution in [2.24, 2.45) is 0 Å². The Kier molecular flexibility index (Phi) is 5.26. The first kappa shape index (κ1) is 20.7. The van der Waals surface area contributed by atoms with E-state index in [9.17, 15) is 13.6 Å². The summed E-state index contributed by atoms with van der Waals surface area (Å²) in [5.41, 5.74) is 4.08. The molecule has 0 aliphatic rings. The van der Waals surface area contributed by atoms with E-state index in [4.69, 9.17) is 0 Å². The second kappa shape index (κ2) is 8.39. The molecule has 0 amide bonds. The Morgan fingerprint density at radius 2 is 1.73 bits per heavy atom. The van der Waals surface area contributed by atoms with Gasteiger partial charge in [0.05, 0.1) is 11.2 Å². The fourth-order valence-electron chi connectivity index (χ4n) is 3.89. The molecule has 5 aromatic rings. The molecule has 162 valence electrons.